The van der Waals surface area contributed by atoms with Crippen molar-refractivity contribution in [2.24, 2.45) is 16.6 Å². The molecule has 4 unspecified atom stereocenters. The van der Waals surface area contributed by atoms with Gasteiger partial charge in [0.2, 0.25) is 0 Å². The molecule has 2 aliphatic rings. The van der Waals surface area contributed by atoms with Crippen molar-refractivity contribution in [1.29, 1.82) is 0 Å². The van der Waals surface area contributed by atoms with Crippen LogP contribution in [0.25, 0.3) is 0 Å². The molecule has 2 fully saturated rings. The zero-order chi connectivity index (χ0) is 13.4. The van der Waals surface area contributed by atoms with E-state index in [0.717, 1.165) is 26.2 Å². The highest BCUT2D eigenvalue weighted by atomic mass is 16.5. The lowest BCUT2D eigenvalue weighted by molar-refractivity contribution is -0.115. The number of hydrogen-bond acceptors (Lipinski definition) is 4. The van der Waals surface area contributed by atoms with Crippen LogP contribution in [0.5, 0.6) is 0 Å². The van der Waals surface area contributed by atoms with Gasteiger partial charge in [0, 0.05) is 36.1 Å². The van der Waals surface area contributed by atoms with Gasteiger partial charge >= 0.3 is 0 Å². The molecule has 1 heterocycles. The molecule has 4 atom stereocenters. The maximum Gasteiger partial charge on any atom is 0.0655 e. The van der Waals surface area contributed by atoms with E-state index in [1.165, 1.54) is 0 Å². The van der Waals surface area contributed by atoms with E-state index >= 15 is 0 Å². The third kappa shape index (κ3) is 2.44. The van der Waals surface area contributed by atoms with Crippen LogP contribution < -0.4 is 11.1 Å². The van der Waals surface area contributed by atoms with Crippen molar-refractivity contribution in [2.75, 3.05) is 26.4 Å². The second kappa shape index (κ2) is 5.08. The largest absolute Gasteiger partial charge is 0.379 e. The molecule has 0 aromatic rings. The molecule has 0 aromatic heterocycles. The molecule has 4 nitrogen and oxygen atoms in total. The normalized spacial score (nSPS) is 42.8. The Morgan fingerprint density at radius 2 is 2.11 bits per heavy atom. The quantitative estimate of drug-likeness (QED) is 0.774. The first-order chi connectivity index (χ1) is 8.40. The Hall–Kier alpha value is -0.160. The standard InChI is InChI=1S/C14H28N2O2/c1-5-18-12-6-11(13(12,2)3)16-8-14(4)9-17-7-10(14)15/h10-12,16H,5-9,15H2,1-4H3. The minimum atomic E-state index is 0.0762. The van der Waals surface area contributed by atoms with Crippen LogP contribution in [0.15, 0.2) is 0 Å². The van der Waals surface area contributed by atoms with Gasteiger partial charge in [-0.05, 0) is 13.3 Å². The topological polar surface area (TPSA) is 56.5 Å². The van der Waals surface area contributed by atoms with Crippen molar-refractivity contribution in [3.8, 4) is 0 Å². The number of nitrogens with two attached hydrogens (primary N) is 1. The van der Waals surface area contributed by atoms with Crippen molar-refractivity contribution in [3.05, 3.63) is 0 Å². The van der Waals surface area contributed by atoms with Crippen molar-refractivity contribution in [2.45, 2.75) is 52.3 Å². The lowest BCUT2D eigenvalue weighted by Crippen LogP contribution is -2.63. The van der Waals surface area contributed by atoms with Gasteiger partial charge < -0.3 is 20.5 Å². The molecule has 0 bridgehead atoms. The summed E-state index contributed by atoms with van der Waals surface area (Å²) in [5, 5.41) is 3.67. The van der Waals surface area contributed by atoms with Crippen molar-refractivity contribution < 1.29 is 9.47 Å². The van der Waals surface area contributed by atoms with Gasteiger partial charge in [0.25, 0.3) is 0 Å². The molecule has 0 radical (unpaired) electrons. The van der Waals surface area contributed by atoms with E-state index < -0.39 is 0 Å². The van der Waals surface area contributed by atoms with Crippen molar-refractivity contribution in [3.63, 3.8) is 0 Å². The molecule has 0 aromatic carbocycles. The van der Waals surface area contributed by atoms with Crippen LogP contribution in [0.1, 0.15) is 34.1 Å². The second-order valence-corrected chi connectivity index (χ2v) is 6.71. The van der Waals surface area contributed by atoms with Gasteiger partial charge in [0.05, 0.1) is 19.3 Å². The van der Waals surface area contributed by atoms with Gasteiger partial charge in [-0.15, -0.1) is 0 Å². The van der Waals surface area contributed by atoms with Gasteiger partial charge in [-0.2, -0.15) is 0 Å². The van der Waals surface area contributed by atoms with Crippen LogP contribution in [0.2, 0.25) is 0 Å². The highest BCUT2D eigenvalue weighted by Crippen LogP contribution is 2.43. The average molecular weight is 256 g/mol. The summed E-state index contributed by atoms with van der Waals surface area (Å²) < 4.78 is 11.2. The van der Waals surface area contributed by atoms with Crippen molar-refractivity contribution >= 4 is 0 Å². The van der Waals surface area contributed by atoms with E-state index in [9.17, 15) is 0 Å². The molecule has 1 aliphatic heterocycles. The molecule has 4 heteroatoms. The molecule has 1 saturated carbocycles. The third-order valence-corrected chi connectivity index (χ3v) is 4.92. The summed E-state index contributed by atoms with van der Waals surface area (Å²) in [5.74, 6) is 0. The minimum Gasteiger partial charge on any atom is -0.379 e. The molecule has 1 saturated heterocycles. The lowest BCUT2D eigenvalue weighted by Gasteiger charge is -2.52. The summed E-state index contributed by atoms with van der Waals surface area (Å²) in [6.07, 6.45) is 1.49. The maximum atomic E-state index is 6.11. The predicted octanol–water partition coefficient (Wildman–Crippen LogP) is 1.14. The Kier molecular flexibility index (Phi) is 4.02. The SMILES string of the molecule is CCOC1CC(NCC2(C)COCC2N)C1(C)C. The molecular formula is C14H28N2O2. The lowest BCUT2D eigenvalue weighted by atomic mass is 9.64. The van der Waals surface area contributed by atoms with E-state index in [1.807, 2.05) is 0 Å². The molecule has 2 rings (SSSR count). The first kappa shape index (κ1) is 14.3. The van der Waals surface area contributed by atoms with Gasteiger partial charge in [-0.25, -0.2) is 0 Å². The van der Waals surface area contributed by atoms with E-state index in [-0.39, 0.29) is 16.9 Å². The van der Waals surface area contributed by atoms with Crippen molar-refractivity contribution in [1.82, 2.24) is 5.32 Å². The Bertz CT molecular complexity index is 296. The predicted molar refractivity (Wildman–Crippen MR) is 72.5 cm³/mol. The summed E-state index contributed by atoms with van der Waals surface area (Å²) in [6.45, 7) is 12.0. The van der Waals surface area contributed by atoms with Crippen LogP contribution in [-0.4, -0.2) is 44.6 Å². The summed E-state index contributed by atoms with van der Waals surface area (Å²) in [4.78, 5) is 0. The van der Waals surface area contributed by atoms with Crippen LogP contribution in [0.3, 0.4) is 0 Å². The molecule has 0 amide bonds. The summed E-state index contributed by atoms with van der Waals surface area (Å²) >= 11 is 0. The van der Waals surface area contributed by atoms with E-state index in [1.54, 1.807) is 0 Å². The van der Waals surface area contributed by atoms with E-state index in [0.29, 0.717) is 18.8 Å². The highest BCUT2D eigenvalue weighted by molar-refractivity contribution is 5.04. The summed E-state index contributed by atoms with van der Waals surface area (Å²) in [5.41, 5.74) is 6.41. The Morgan fingerprint density at radius 3 is 2.61 bits per heavy atom. The molecular weight excluding hydrogens is 228 g/mol. The maximum absolute atomic E-state index is 6.11. The molecule has 18 heavy (non-hydrogen) atoms. The Balaban J connectivity index is 1.82. The number of nitrogens with one attached hydrogen (secondary N) is 1. The fourth-order valence-electron chi connectivity index (χ4n) is 2.98. The number of rotatable bonds is 5. The van der Waals surface area contributed by atoms with Crippen LogP contribution >= 0.6 is 0 Å². The first-order valence-corrected chi connectivity index (χ1v) is 7.08. The number of ether oxygens (including phenoxy) is 2. The van der Waals surface area contributed by atoms with E-state index in [4.69, 9.17) is 15.2 Å². The molecule has 3 N–H and O–H groups in total. The Labute approximate surface area is 111 Å². The van der Waals surface area contributed by atoms with Crippen LogP contribution in [0, 0.1) is 10.8 Å². The zero-order valence-corrected chi connectivity index (χ0v) is 12.2. The van der Waals surface area contributed by atoms with Gasteiger partial charge in [-0.3, -0.25) is 0 Å². The molecule has 106 valence electrons. The fourth-order valence-corrected chi connectivity index (χ4v) is 2.98. The third-order valence-electron chi connectivity index (χ3n) is 4.92. The van der Waals surface area contributed by atoms with E-state index in [2.05, 4.69) is 33.0 Å². The highest BCUT2D eigenvalue weighted by Gasteiger charge is 2.49. The summed E-state index contributed by atoms with van der Waals surface area (Å²) in [7, 11) is 0. The van der Waals surface area contributed by atoms with Gasteiger partial charge in [0.1, 0.15) is 0 Å². The van der Waals surface area contributed by atoms with Crippen LogP contribution in [0.4, 0.5) is 0 Å². The average Bonchev–Trinajstić information content (AvgIpc) is 2.64. The monoisotopic (exact) mass is 256 g/mol. The van der Waals surface area contributed by atoms with Gasteiger partial charge in [0.15, 0.2) is 0 Å². The minimum absolute atomic E-state index is 0.0762. The first-order valence-electron chi connectivity index (χ1n) is 7.08. The van der Waals surface area contributed by atoms with Crippen LogP contribution in [-0.2, 0) is 9.47 Å². The second-order valence-electron chi connectivity index (χ2n) is 6.71. The molecule has 0 spiro atoms. The summed E-state index contributed by atoms with van der Waals surface area (Å²) in [6, 6.07) is 0.676. The molecule has 1 aliphatic carbocycles. The Morgan fingerprint density at radius 1 is 1.39 bits per heavy atom. The van der Waals surface area contributed by atoms with Gasteiger partial charge in [-0.1, -0.05) is 20.8 Å². The smallest absolute Gasteiger partial charge is 0.0655 e. The number of hydrogen-bond donors (Lipinski definition) is 2. The fraction of sp³-hybridized carbons (Fsp3) is 1.00. The zero-order valence-electron chi connectivity index (χ0n) is 12.2.